The zero-order valence-corrected chi connectivity index (χ0v) is 14.1. The minimum Gasteiger partial charge on any atom is -0.497 e. The lowest BCUT2D eigenvalue weighted by atomic mass is 9.93. The predicted molar refractivity (Wildman–Crippen MR) is 93.6 cm³/mol. The molecule has 0 radical (unpaired) electrons. The number of methoxy groups -OCH3 is 1. The summed E-state index contributed by atoms with van der Waals surface area (Å²) in [4.78, 5) is 0. The summed E-state index contributed by atoms with van der Waals surface area (Å²) in [6.07, 6.45) is 1.14. The molecule has 22 heavy (non-hydrogen) atoms. The third kappa shape index (κ3) is 4.35. The van der Waals surface area contributed by atoms with Crippen LogP contribution in [0.25, 0.3) is 0 Å². The maximum Gasteiger partial charge on any atom is 0.119 e. The molecule has 2 rings (SSSR count). The second kappa shape index (κ2) is 8.00. The van der Waals surface area contributed by atoms with Crippen LogP contribution in [0.2, 0.25) is 0 Å². The lowest BCUT2D eigenvalue weighted by Gasteiger charge is -2.18. The Bertz CT molecular complexity index is 594. The van der Waals surface area contributed by atoms with Crippen LogP contribution in [0.3, 0.4) is 0 Å². The second-order valence-corrected chi connectivity index (χ2v) is 6.00. The van der Waals surface area contributed by atoms with E-state index in [2.05, 4.69) is 62.5 Å². The van der Waals surface area contributed by atoms with Gasteiger partial charge in [-0.1, -0.05) is 43.3 Å². The van der Waals surface area contributed by atoms with E-state index in [-0.39, 0.29) is 0 Å². The Morgan fingerprint density at radius 2 is 1.82 bits per heavy atom. The number of benzene rings is 2. The third-order valence-corrected chi connectivity index (χ3v) is 4.34. The van der Waals surface area contributed by atoms with Crippen molar-refractivity contribution in [3.05, 3.63) is 65.2 Å². The van der Waals surface area contributed by atoms with Gasteiger partial charge in [0.15, 0.2) is 0 Å². The van der Waals surface area contributed by atoms with Crippen molar-refractivity contribution < 1.29 is 4.74 Å². The number of hydrogen-bond donors (Lipinski definition) is 1. The maximum atomic E-state index is 5.29. The summed E-state index contributed by atoms with van der Waals surface area (Å²) in [5.41, 5.74) is 4.11. The Hall–Kier alpha value is -1.80. The van der Waals surface area contributed by atoms with Gasteiger partial charge in [0.2, 0.25) is 0 Å². The number of nitrogens with one attached hydrogen (secondary N) is 1. The monoisotopic (exact) mass is 297 g/mol. The van der Waals surface area contributed by atoms with Crippen LogP contribution in [0.15, 0.2) is 48.5 Å². The number of hydrogen-bond acceptors (Lipinski definition) is 2. The summed E-state index contributed by atoms with van der Waals surface area (Å²) >= 11 is 0. The van der Waals surface area contributed by atoms with Crippen LogP contribution in [0.4, 0.5) is 0 Å². The highest BCUT2D eigenvalue weighted by Gasteiger charge is 2.10. The molecule has 0 spiro atoms. The molecule has 0 saturated carbocycles. The third-order valence-electron chi connectivity index (χ3n) is 4.34. The molecule has 0 amide bonds. The minimum atomic E-state index is 0.333. The van der Waals surface area contributed by atoms with Gasteiger partial charge in [0.1, 0.15) is 5.75 Å². The first-order valence-corrected chi connectivity index (χ1v) is 8.04. The van der Waals surface area contributed by atoms with E-state index in [9.17, 15) is 0 Å². The first-order valence-electron chi connectivity index (χ1n) is 8.04. The topological polar surface area (TPSA) is 21.3 Å². The van der Waals surface area contributed by atoms with Crippen molar-refractivity contribution in [1.29, 1.82) is 0 Å². The molecule has 0 fully saturated rings. The van der Waals surface area contributed by atoms with Gasteiger partial charge in [0.05, 0.1) is 7.11 Å². The standard InChI is InChI=1S/C20H27NO/c1-15-8-5-6-11-20(15)16(2)12-13-21-17(3)18-9-7-10-19(14-18)22-4/h5-11,14,16-17,21H,12-13H2,1-4H3. The fourth-order valence-corrected chi connectivity index (χ4v) is 2.84. The highest BCUT2D eigenvalue weighted by atomic mass is 16.5. The van der Waals surface area contributed by atoms with Gasteiger partial charge in [0.25, 0.3) is 0 Å². The molecule has 0 saturated heterocycles. The molecule has 2 aromatic carbocycles. The lowest BCUT2D eigenvalue weighted by molar-refractivity contribution is 0.413. The number of aryl methyl sites for hydroxylation is 1. The summed E-state index contributed by atoms with van der Waals surface area (Å²) < 4.78 is 5.29. The Morgan fingerprint density at radius 3 is 2.55 bits per heavy atom. The number of rotatable bonds is 7. The molecule has 2 aromatic rings. The highest BCUT2D eigenvalue weighted by molar-refractivity contribution is 5.30. The lowest BCUT2D eigenvalue weighted by Crippen LogP contribution is -2.21. The van der Waals surface area contributed by atoms with Gasteiger partial charge in [0, 0.05) is 6.04 Å². The molecule has 0 aliphatic carbocycles. The van der Waals surface area contributed by atoms with Gasteiger partial charge in [-0.2, -0.15) is 0 Å². The quantitative estimate of drug-likeness (QED) is 0.789. The summed E-state index contributed by atoms with van der Waals surface area (Å²) in [5.74, 6) is 1.49. The summed E-state index contributed by atoms with van der Waals surface area (Å²) in [7, 11) is 1.71. The molecule has 1 N–H and O–H groups in total. The van der Waals surface area contributed by atoms with E-state index in [1.165, 1.54) is 16.7 Å². The molecule has 2 nitrogen and oxygen atoms in total. The first kappa shape index (κ1) is 16.6. The molecular formula is C20H27NO. The molecule has 0 aliphatic heterocycles. The van der Waals surface area contributed by atoms with Gasteiger partial charge >= 0.3 is 0 Å². The van der Waals surface area contributed by atoms with E-state index in [1.807, 2.05) is 12.1 Å². The average molecular weight is 297 g/mol. The molecule has 2 unspecified atom stereocenters. The van der Waals surface area contributed by atoms with Crippen LogP contribution in [-0.2, 0) is 0 Å². The van der Waals surface area contributed by atoms with Crippen LogP contribution in [0.1, 0.15) is 48.9 Å². The Balaban J connectivity index is 1.86. The van der Waals surface area contributed by atoms with Gasteiger partial charge in [-0.15, -0.1) is 0 Å². The van der Waals surface area contributed by atoms with Crippen LogP contribution < -0.4 is 10.1 Å². The molecular weight excluding hydrogens is 270 g/mol. The van der Waals surface area contributed by atoms with Crippen LogP contribution in [0, 0.1) is 6.92 Å². The molecule has 118 valence electrons. The van der Waals surface area contributed by atoms with Crippen molar-refractivity contribution in [2.24, 2.45) is 0 Å². The average Bonchev–Trinajstić information content (AvgIpc) is 2.55. The molecule has 2 heteroatoms. The maximum absolute atomic E-state index is 5.29. The normalized spacial score (nSPS) is 13.6. The van der Waals surface area contributed by atoms with E-state index in [1.54, 1.807) is 7.11 Å². The van der Waals surface area contributed by atoms with Crippen LogP contribution >= 0.6 is 0 Å². The van der Waals surface area contributed by atoms with Crippen molar-refractivity contribution in [2.45, 2.75) is 39.2 Å². The highest BCUT2D eigenvalue weighted by Crippen LogP contribution is 2.23. The molecule has 0 bridgehead atoms. The van der Waals surface area contributed by atoms with E-state index >= 15 is 0 Å². The first-order chi connectivity index (χ1) is 10.6. The zero-order chi connectivity index (χ0) is 15.9. The largest absolute Gasteiger partial charge is 0.497 e. The van der Waals surface area contributed by atoms with Crippen molar-refractivity contribution in [2.75, 3.05) is 13.7 Å². The van der Waals surface area contributed by atoms with Crippen LogP contribution in [0.5, 0.6) is 5.75 Å². The number of ether oxygens (including phenoxy) is 1. The van der Waals surface area contributed by atoms with Crippen molar-refractivity contribution in [1.82, 2.24) is 5.32 Å². The second-order valence-electron chi connectivity index (χ2n) is 6.00. The fourth-order valence-electron chi connectivity index (χ4n) is 2.84. The molecule has 0 aromatic heterocycles. The Morgan fingerprint density at radius 1 is 1.05 bits per heavy atom. The van der Waals surface area contributed by atoms with Crippen molar-refractivity contribution in [3.8, 4) is 5.75 Å². The molecule has 0 aliphatic rings. The van der Waals surface area contributed by atoms with Gasteiger partial charge in [-0.3, -0.25) is 0 Å². The van der Waals surface area contributed by atoms with E-state index in [4.69, 9.17) is 4.74 Å². The van der Waals surface area contributed by atoms with E-state index in [0.29, 0.717) is 12.0 Å². The van der Waals surface area contributed by atoms with Gasteiger partial charge in [-0.05, 0) is 61.6 Å². The predicted octanol–water partition coefficient (Wildman–Crippen LogP) is 4.85. The minimum absolute atomic E-state index is 0.333. The van der Waals surface area contributed by atoms with Gasteiger partial charge < -0.3 is 10.1 Å². The molecule has 2 atom stereocenters. The Kier molecular flexibility index (Phi) is 6.02. The summed E-state index contributed by atoms with van der Waals surface area (Å²) in [6.45, 7) is 7.71. The molecule has 0 heterocycles. The summed E-state index contributed by atoms with van der Waals surface area (Å²) in [5, 5.41) is 3.61. The van der Waals surface area contributed by atoms with E-state index < -0.39 is 0 Å². The smallest absolute Gasteiger partial charge is 0.119 e. The van der Waals surface area contributed by atoms with Gasteiger partial charge in [-0.25, -0.2) is 0 Å². The van der Waals surface area contributed by atoms with Crippen molar-refractivity contribution in [3.63, 3.8) is 0 Å². The SMILES string of the molecule is COc1cccc(C(C)NCCC(C)c2ccccc2C)c1. The Labute approximate surface area is 134 Å². The zero-order valence-electron chi connectivity index (χ0n) is 14.1. The van der Waals surface area contributed by atoms with Crippen molar-refractivity contribution >= 4 is 0 Å². The summed E-state index contributed by atoms with van der Waals surface area (Å²) in [6, 6.07) is 17.3. The van der Waals surface area contributed by atoms with E-state index in [0.717, 1.165) is 18.7 Å². The van der Waals surface area contributed by atoms with Crippen LogP contribution in [-0.4, -0.2) is 13.7 Å². The fraction of sp³-hybridized carbons (Fsp3) is 0.400.